The van der Waals surface area contributed by atoms with Crippen molar-refractivity contribution >= 4 is 38.6 Å². The number of aromatic nitrogens is 4. The van der Waals surface area contributed by atoms with Crippen LogP contribution in [0.3, 0.4) is 0 Å². The lowest BCUT2D eigenvalue weighted by molar-refractivity contribution is -0.137. The number of aliphatic carboxylic acids is 1. The van der Waals surface area contributed by atoms with Crippen LogP contribution >= 0.6 is 15.9 Å². The Morgan fingerprint density at radius 2 is 1.73 bits per heavy atom. The first kappa shape index (κ1) is 37.8. The Labute approximate surface area is 308 Å². The molecule has 5 aromatic rings. The average Bonchev–Trinajstić information content (AvgIpc) is 3.52. The first-order chi connectivity index (χ1) is 24.3. The number of methoxy groups -OCH3 is 1. The summed E-state index contributed by atoms with van der Waals surface area (Å²) in [6.07, 6.45) is 6.55. The number of H-pyrrole nitrogens is 1. The highest BCUT2D eigenvalue weighted by atomic mass is 79.9. The number of aromatic amines is 1. The van der Waals surface area contributed by atoms with Gasteiger partial charge in [-0.1, -0.05) is 52.7 Å². The minimum atomic E-state index is -0.729. The average molecular weight is 758 g/mol. The van der Waals surface area contributed by atoms with Crippen molar-refractivity contribution in [3.63, 3.8) is 0 Å². The number of ketones is 1. The zero-order chi connectivity index (χ0) is 36.8. The summed E-state index contributed by atoms with van der Waals surface area (Å²) in [5.74, 6) is 0.949. The number of aryl methyl sites for hydroxylation is 2. The monoisotopic (exact) mass is 756 g/mol. The van der Waals surface area contributed by atoms with Crippen molar-refractivity contribution in [3.8, 4) is 5.75 Å². The lowest BCUT2D eigenvalue weighted by Gasteiger charge is -2.26. The molecule has 2 aromatic carbocycles. The molecule has 0 saturated heterocycles. The molecule has 1 aliphatic rings. The Kier molecular flexibility index (Phi) is 12.4. The number of halogens is 1. The number of nitrogens with zero attached hydrogens (tertiary/aromatic N) is 3. The molecule has 0 unspecified atom stereocenters. The molecule has 1 aliphatic carbocycles. The van der Waals surface area contributed by atoms with Gasteiger partial charge in [0.1, 0.15) is 5.75 Å². The first-order valence-corrected chi connectivity index (χ1v) is 18.6. The predicted molar refractivity (Wildman–Crippen MR) is 205 cm³/mol. The molecule has 0 bridgehead atoms. The Morgan fingerprint density at radius 1 is 1.02 bits per heavy atom. The minimum Gasteiger partial charge on any atom is -0.497 e. The number of nitrogens with one attached hydrogen (secondary N) is 1. The summed E-state index contributed by atoms with van der Waals surface area (Å²) in [7, 11) is 3.58. The summed E-state index contributed by atoms with van der Waals surface area (Å²) in [4.78, 5) is 35.7. The van der Waals surface area contributed by atoms with Crippen molar-refractivity contribution < 1.29 is 19.4 Å². The van der Waals surface area contributed by atoms with Crippen molar-refractivity contribution in [2.75, 3.05) is 7.11 Å². The summed E-state index contributed by atoms with van der Waals surface area (Å²) >= 11 is 3.75. The van der Waals surface area contributed by atoms with Gasteiger partial charge < -0.3 is 19.0 Å². The number of rotatable bonds is 11. The van der Waals surface area contributed by atoms with Gasteiger partial charge >= 0.3 is 5.97 Å². The van der Waals surface area contributed by atoms with Gasteiger partial charge in [0.2, 0.25) is 5.78 Å². The molecule has 1 saturated carbocycles. The Morgan fingerprint density at radius 3 is 2.35 bits per heavy atom. The van der Waals surface area contributed by atoms with Crippen molar-refractivity contribution in [2.24, 2.45) is 18.9 Å². The fourth-order valence-corrected chi connectivity index (χ4v) is 7.78. The Bertz CT molecular complexity index is 2030. The SMILES string of the molecule is COc1ccc2c(c1)c(C[C@@H](C)CC(=O)O)c(C)n2CC1CCC(Br)CC1.Cc1ccc(C(=O)c2c(C)cc(Cc3ccc(=O)[nH]n3)n2C)cc1. The number of fused-ring (bicyclic) bond motifs is 1. The largest absolute Gasteiger partial charge is 0.497 e. The van der Waals surface area contributed by atoms with E-state index in [1.54, 1.807) is 13.2 Å². The molecule has 1 fully saturated rings. The molecule has 2 N–H and O–H groups in total. The number of ether oxygens (including phenoxy) is 1. The topological polar surface area (TPSA) is 119 Å². The van der Waals surface area contributed by atoms with E-state index in [9.17, 15) is 14.4 Å². The van der Waals surface area contributed by atoms with Gasteiger partial charge in [0.15, 0.2) is 0 Å². The lowest BCUT2D eigenvalue weighted by atomic mass is 9.89. The molecule has 0 aliphatic heterocycles. The number of alkyl halides is 1. The number of hydrogen-bond donors (Lipinski definition) is 2. The van der Waals surface area contributed by atoms with Crippen LogP contribution in [0.1, 0.15) is 88.9 Å². The molecule has 0 amide bonds. The van der Waals surface area contributed by atoms with Gasteiger partial charge in [-0.25, -0.2) is 5.10 Å². The number of hydrogen-bond acceptors (Lipinski definition) is 5. The Hall–Kier alpha value is -4.44. The number of benzene rings is 2. The van der Waals surface area contributed by atoms with Gasteiger partial charge in [-0.2, -0.15) is 5.10 Å². The molecule has 6 rings (SSSR count). The van der Waals surface area contributed by atoms with E-state index in [0.717, 1.165) is 41.2 Å². The third-order valence-electron chi connectivity index (χ3n) is 10.1. The van der Waals surface area contributed by atoms with E-state index in [2.05, 4.69) is 49.8 Å². The maximum absolute atomic E-state index is 12.8. The van der Waals surface area contributed by atoms with Crippen LogP contribution < -0.4 is 10.3 Å². The third-order valence-corrected chi connectivity index (χ3v) is 11.0. The molecule has 270 valence electrons. The summed E-state index contributed by atoms with van der Waals surface area (Å²) in [6, 6.07) is 19.0. The summed E-state index contributed by atoms with van der Waals surface area (Å²) in [6.45, 7) is 9.18. The van der Waals surface area contributed by atoms with Crippen LogP contribution in [-0.4, -0.2) is 48.1 Å². The summed E-state index contributed by atoms with van der Waals surface area (Å²) in [5.41, 5.74) is 8.71. The van der Waals surface area contributed by atoms with Crippen molar-refractivity contribution in [1.29, 1.82) is 0 Å². The maximum atomic E-state index is 12.8. The van der Waals surface area contributed by atoms with Crippen LogP contribution in [-0.2, 0) is 31.2 Å². The van der Waals surface area contributed by atoms with E-state index in [1.807, 2.05) is 68.8 Å². The second kappa shape index (κ2) is 16.7. The van der Waals surface area contributed by atoms with Gasteiger partial charge in [-0.3, -0.25) is 14.4 Å². The van der Waals surface area contributed by atoms with Crippen LogP contribution in [0, 0.1) is 32.6 Å². The molecule has 51 heavy (non-hydrogen) atoms. The highest BCUT2D eigenvalue weighted by molar-refractivity contribution is 9.09. The quantitative estimate of drug-likeness (QED) is 0.104. The lowest BCUT2D eigenvalue weighted by Crippen LogP contribution is -2.19. The molecule has 10 heteroatoms. The fourth-order valence-electron chi connectivity index (χ4n) is 7.26. The van der Waals surface area contributed by atoms with Gasteiger partial charge in [0, 0.05) is 65.2 Å². The summed E-state index contributed by atoms with van der Waals surface area (Å²) in [5, 5.41) is 16.8. The molecule has 0 radical (unpaired) electrons. The third kappa shape index (κ3) is 9.27. The molecule has 9 nitrogen and oxygen atoms in total. The van der Waals surface area contributed by atoms with Crippen molar-refractivity contribution in [2.45, 2.75) is 84.0 Å². The standard InChI is InChI=1S/C22H30BrNO3.C19H19N3O2/c1-14(11-22(25)26)10-19-15(2)24(13-16-4-6-17(23)7-5-16)21-9-8-18(27-3)12-20(19)21;1-12-4-6-14(7-5-12)19(24)18-13(2)10-16(22(18)3)11-15-8-9-17(23)21-20-15/h8-9,12,14,16-17H,4-7,10-11,13H2,1-3H3,(H,25,26);4-10H,11H2,1-3H3,(H,21,23)/t14-,16?,17?;/m1./s1. The molecule has 0 spiro atoms. The molecule has 1 atom stereocenters. The molecular weight excluding hydrogens is 708 g/mol. The van der Waals surface area contributed by atoms with Gasteiger partial charge in [-0.05, 0) is 106 Å². The minimum absolute atomic E-state index is 0.00989. The van der Waals surface area contributed by atoms with Gasteiger partial charge in [0.05, 0.1) is 18.5 Å². The number of carbonyl (C=O) groups excluding carboxylic acids is 1. The van der Waals surface area contributed by atoms with E-state index in [1.165, 1.54) is 53.9 Å². The van der Waals surface area contributed by atoms with E-state index in [0.29, 0.717) is 28.4 Å². The fraction of sp³-hybridized carbons (Fsp3) is 0.415. The number of carboxylic acids is 1. The molecule has 3 aromatic heterocycles. The zero-order valence-electron chi connectivity index (χ0n) is 30.5. The van der Waals surface area contributed by atoms with Gasteiger partial charge in [0.25, 0.3) is 5.56 Å². The van der Waals surface area contributed by atoms with Crippen LogP contribution in [0.15, 0.2) is 65.5 Å². The smallest absolute Gasteiger partial charge is 0.303 e. The first-order valence-electron chi connectivity index (χ1n) is 17.7. The van der Waals surface area contributed by atoms with E-state index in [-0.39, 0.29) is 23.7 Å². The van der Waals surface area contributed by atoms with Crippen LogP contribution in [0.4, 0.5) is 0 Å². The second-order valence-corrected chi connectivity index (χ2v) is 15.4. The number of carboxylic acid groups (broad SMARTS) is 1. The zero-order valence-corrected chi connectivity index (χ0v) is 32.0. The number of carbonyl (C=O) groups is 2. The normalized spacial score (nSPS) is 16.4. The van der Waals surface area contributed by atoms with E-state index in [4.69, 9.17) is 9.84 Å². The maximum Gasteiger partial charge on any atom is 0.303 e. The van der Waals surface area contributed by atoms with E-state index < -0.39 is 5.97 Å². The van der Waals surface area contributed by atoms with Crippen LogP contribution in [0.5, 0.6) is 5.75 Å². The van der Waals surface area contributed by atoms with E-state index >= 15 is 0 Å². The van der Waals surface area contributed by atoms with Crippen molar-refractivity contribution in [3.05, 3.63) is 116 Å². The molecule has 3 heterocycles. The highest BCUT2D eigenvalue weighted by Crippen LogP contribution is 2.35. The van der Waals surface area contributed by atoms with Gasteiger partial charge in [-0.15, -0.1) is 0 Å². The highest BCUT2D eigenvalue weighted by Gasteiger charge is 2.24. The second-order valence-electron chi connectivity index (χ2n) is 14.1. The van der Waals surface area contributed by atoms with Crippen molar-refractivity contribution in [1.82, 2.24) is 19.3 Å². The Balaban J connectivity index is 0.000000199. The molecular formula is C41H49BrN4O5. The van der Waals surface area contributed by atoms with Crippen LogP contribution in [0.2, 0.25) is 0 Å². The summed E-state index contributed by atoms with van der Waals surface area (Å²) < 4.78 is 9.81. The van der Waals surface area contributed by atoms with Crippen LogP contribution in [0.25, 0.3) is 10.9 Å². The predicted octanol–water partition coefficient (Wildman–Crippen LogP) is 8.11.